The van der Waals surface area contributed by atoms with Gasteiger partial charge in [0.25, 0.3) is 0 Å². The third-order valence-electron chi connectivity index (χ3n) is 6.30. The molecule has 0 saturated carbocycles. The van der Waals surface area contributed by atoms with Crippen LogP contribution in [0.25, 0.3) is 21.8 Å². The minimum Gasteiger partial charge on any atom is -0.383 e. The molecule has 7 heteroatoms. The van der Waals surface area contributed by atoms with Crippen molar-refractivity contribution in [3.63, 3.8) is 0 Å². The highest BCUT2D eigenvalue weighted by atomic mass is 16.5. The minimum atomic E-state index is -0.280. The van der Waals surface area contributed by atoms with Crippen LogP contribution in [0.3, 0.4) is 0 Å². The number of para-hydroxylation sites is 2. The second-order valence-electron chi connectivity index (χ2n) is 8.55. The number of hydrogen-bond acceptors (Lipinski definition) is 4. The summed E-state index contributed by atoms with van der Waals surface area (Å²) < 4.78 is 7.03. The van der Waals surface area contributed by atoms with E-state index in [4.69, 9.17) is 4.74 Å². The first-order chi connectivity index (χ1) is 16.9. The van der Waals surface area contributed by atoms with Gasteiger partial charge in [0.05, 0.1) is 17.6 Å². The Bertz CT molecular complexity index is 1400. The molecule has 4 rings (SSSR count). The summed E-state index contributed by atoms with van der Waals surface area (Å²) in [5, 5.41) is 4.02. The lowest BCUT2D eigenvalue weighted by molar-refractivity contribution is -0.135. The van der Waals surface area contributed by atoms with E-state index in [9.17, 15) is 14.4 Å². The van der Waals surface area contributed by atoms with Gasteiger partial charge in [-0.2, -0.15) is 0 Å². The Morgan fingerprint density at radius 2 is 1.54 bits per heavy atom. The number of carbonyl (C=O) groups excluding carboxylic acids is 2. The quantitative estimate of drug-likeness (QED) is 0.396. The van der Waals surface area contributed by atoms with Crippen LogP contribution in [0.5, 0.6) is 0 Å². The fourth-order valence-electron chi connectivity index (χ4n) is 4.23. The van der Waals surface area contributed by atoms with Crippen LogP contribution < -0.4 is 10.7 Å². The van der Waals surface area contributed by atoms with E-state index in [0.717, 1.165) is 16.8 Å². The molecule has 0 aliphatic rings. The molecular formula is C28H29N3O4. The first-order valence-corrected chi connectivity index (χ1v) is 11.5. The molecule has 1 aromatic heterocycles. The van der Waals surface area contributed by atoms with Crippen molar-refractivity contribution in [1.82, 2.24) is 9.47 Å². The lowest BCUT2D eigenvalue weighted by atomic mass is 10.1. The zero-order chi connectivity index (χ0) is 24.9. The van der Waals surface area contributed by atoms with Gasteiger partial charge in [0.2, 0.25) is 11.8 Å². The van der Waals surface area contributed by atoms with Crippen LogP contribution in [0.4, 0.5) is 5.69 Å². The molecule has 0 spiro atoms. The average molecular weight is 472 g/mol. The molecule has 4 aromatic rings. The highest BCUT2D eigenvalue weighted by molar-refractivity contribution is 5.97. The number of anilines is 1. The topological polar surface area (TPSA) is 80.6 Å². The fraction of sp³-hybridized carbons (Fsp3) is 0.250. The molecule has 2 amide bonds. The van der Waals surface area contributed by atoms with Crippen LogP contribution >= 0.6 is 0 Å². The standard InChI is InChI=1S/C28H29N3O4/c1-19-9-8-12-23(20(19)2)29-26(32)17-30(15-16-35-3)27(33)18-31-24-13-6-4-10-21(24)28(34)22-11-5-7-14-25(22)31/h4-14H,15-18H2,1-3H3,(H,29,32). The Labute approximate surface area is 203 Å². The van der Waals surface area contributed by atoms with Crippen LogP contribution in [0.15, 0.2) is 71.5 Å². The molecule has 35 heavy (non-hydrogen) atoms. The maximum absolute atomic E-state index is 13.5. The van der Waals surface area contributed by atoms with Crippen molar-refractivity contribution in [3.8, 4) is 0 Å². The predicted molar refractivity (Wildman–Crippen MR) is 139 cm³/mol. The smallest absolute Gasteiger partial charge is 0.244 e. The van der Waals surface area contributed by atoms with Crippen LogP contribution in [0.2, 0.25) is 0 Å². The van der Waals surface area contributed by atoms with Crippen molar-refractivity contribution in [1.29, 1.82) is 0 Å². The van der Waals surface area contributed by atoms with Crippen molar-refractivity contribution >= 4 is 39.3 Å². The Hall–Kier alpha value is -3.97. The summed E-state index contributed by atoms with van der Waals surface area (Å²) in [5.41, 5.74) is 4.08. The molecule has 0 aliphatic carbocycles. The van der Waals surface area contributed by atoms with E-state index in [-0.39, 0.29) is 36.9 Å². The second kappa shape index (κ2) is 10.5. The van der Waals surface area contributed by atoms with Crippen LogP contribution in [-0.2, 0) is 20.9 Å². The van der Waals surface area contributed by atoms with Gasteiger partial charge >= 0.3 is 0 Å². The SMILES string of the molecule is COCCN(CC(=O)Nc1cccc(C)c1C)C(=O)Cn1c2ccccc2c(=O)c2ccccc21. The van der Waals surface area contributed by atoms with E-state index in [1.165, 1.54) is 4.90 Å². The number of benzene rings is 3. The number of ether oxygens (including phenoxy) is 1. The lowest BCUT2D eigenvalue weighted by Crippen LogP contribution is -2.41. The number of rotatable bonds is 8. The Balaban J connectivity index is 1.64. The zero-order valence-electron chi connectivity index (χ0n) is 20.2. The Morgan fingerprint density at radius 1 is 0.914 bits per heavy atom. The van der Waals surface area contributed by atoms with E-state index in [1.807, 2.05) is 73.0 Å². The summed E-state index contributed by atoms with van der Waals surface area (Å²) in [6, 6.07) is 20.2. The number of nitrogens with one attached hydrogen (secondary N) is 1. The predicted octanol–water partition coefficient (Wildman–Crippen LogP) is 3.89. The monoisotopic (exact) mass is 471 g/mol. The van der Waals surface area contributed by atoms with Gasteiger partial charge in [-0.05, 0) is 55.3 Å². The number of aromatic nitrogens is 1. The van der Waals surface area contributed by atoms with Gasteiger partial charge in [-0.1, -0.05) is 36.4 Å². The highest BCUT2D eigenvalue weighted by Gasteiger charge is 2.20. The van der Waals surface area contributed by atoms with Crippen molar-refractivity contribution < 1.29 is 14.3 Å². The van der Waals surface area contributed by atoms with E-state index in [1.54, 1.807) is 19.2 Å². The average Bonchev–Trinajstić information content (AvgIpc) is 2.87. The van der Waals surface area contributed by atoms with Gasteiger partial charge in [0.1, 0.15) is 13.1 Å². The fourth-order valence-corrected chi connectivity index (χ4v) is 4.23. The highest BCUT2D eigenvalue weighted by Crippen LogP contribution is 2.20. The molecule has 0 fully saturated rings. The van der Waals surface area contributed by atoms with Crippen LogP contribution in [0, 0.1) is 13.8 Å². The van der Waals surface area contributed by atoms with Gasteiger partial charge in [0.15, 0.2) is 5.43 Å². The van der Waals surface area contributed by atoms with Crippen LogP contribution in [-0.4, -0.2) is 48.1 Å². The number of pyridine rings is 1. The Morgan fingerprint density at radius 3 is 2.17 bits per heavy atom. The molecule has 3 aromatic carbocycles. The summed E-state index contributed by atoms with van der Waals surface area (Å²) >= 11 is 0. The maximum Gasteiger partial charge on any atom is 0.244 e. The van der Waals surface area contributed by atoms with Gasteiger partial charge < -0.3 is 19.5 Å². The van der Waals surface area contributed by atoms with E-state index < -0.39 is 0 Å². The van der Waals surface area contributed by atoms with Gasteiger partial charge in [0, 0.05) is 30.1 Å². The van der Waals surface area contributed by atoms with Crippen LogP contribution in [0.1, 0.15) is 11.1 Å². The third-order valence-corrected chi connectivity index (χ3v) is 6.30. The minimum absolute atomic E-state index is 0.0121. The molecule has 0 atom stereocenters. The van der Waals surface area contributed by atoms with Crippen molar-refractivity contribution in [2.75, 3.05) is 32.1 Å². The van der Waals surface area contributed by atoms with E-state index >= 15 is 0 Å². The van der Waals surface area contributed by atoms with Crippen molar-refractivity contribution in [2.24, 2.45) is 0 Å². The van der Waals surface area contributed by atoms with Gasteiger partial charge in [-0.15, -0.1) is 0 Å². The summed E-state index contributed by atoms with van der Waals surface area (Å²) in [6.45, 7) is 4.39. The Kier molecular flexibility index (Phi) is 7.27. The number of hydrogen-bond donors (Lipinski definition) is 1. The maximum atomic E-state index is 13.5. The molecule has 0 saturated heterocycles. The summed E-state index contributed by atoms with van der Waals surface area (Å²) in [4.78, 5) is 40.9. The molecule has 0 unspecified atom stereocenters. The molecule has 1 heterocycles. The number of amides is 2. The molecule has 0 aliphatic heterocycles. The third kappa shape index (κ3) is 5.10. The first kappa shape index (κ1) is 24.2. The zero-order valence-corrected chi connectivity index (χ0v) is 20.2. The number of aryl methyl sites for hydroxylation is 1. The number of methoxy groups -OCH3 is 1. The largest absolute Gasteiger partial charge is 0.383 e. The summed E-state index contributed by atoms with van der Waals surface area (Å²) in [7, 11) is 1.56. The van der Waals surface area contributed by atoms with E-state index in [0.29, 0.717) is 28.4 Å². The summed E-state index contributed by atoms with van der Waals surface area (Å²) in [5.74, 6) is -0.519. The van der Waals surface area contributed by atoms with E-state index in [2.05, 4.69) is 5.32 Å². The molecule has 0 radical (unpaired) electrons. The van der Waals surface area contributed by atoms with Gasteiger partial charge in [-0.25, -0.2) is 0 Å². The molecule has 7 nitrogen and oxygen atoms in total. The number of carbonyl (C=O) groups is 2. The first-order valence-electron chi connectivity index (χ1n) is 11.5. The molecule has 1 N–H and O–H groups in total. The molecule has 180 valence electrons. The molecule has 0 bridgehead atoms. The second-order valence-corrected chi connectivity index (χ2v) is 8.55. The van der Waals surface area contributed by atoms with Gasteiger partial charge in [-0.3, -0.25) is 14.4 Å². The number of nitrogens with zero attached hydrogens (tertiary/aromatic N) is 2. The number of fused-ring (bicyclic) bond motifs is 2. The molecular weight excluding hydrogens is 442 g/mol. The van der Waals surface area contributed by atoms with Crippen molar-refractivity contribution in [3.05, 3.63) is 88.1 Å². The van der Waals surface area contributed by atoms with Crippen molar-refractivity contribution in [2.45, 2.75) is 20.4 Å². The lowest BCUT2D eigenvalue weighted by Gasteiger charge is -2.24. The normalized spacial score (nSPS) is 11.1. The summed E-state index contributed by atoms with van der Waals surface area (Å²) in [6.07, 6.45) is 0.